The van der Waals surface area contributed by atoms with Gasteiger partial charge in [0.05, 0.1) is 6.61 Å². The smallest absolute Gasteiger partial charge is 0.0681 e. The van der Waals surface area contributed by atoms with E-state index in [4.69, 9.17) is 10.8 Å². The summed E-state index contributed by atoms with van der Waals surface area (Å²) in [5.41, 5.74) is 8.11. The monoisotopic (exact) mass is 206 g/mol. The zero-order valence-corrected chi connectivity index (χ0v) is 8.89. The standard InChI is InChI=1S/C12H18N2O/c13-11-2-1-7-14(8-11)12-5-3-10(9-15)4-6-12/h3-6,11,15H,1-2,7-9,13H2/t11-/m0/s1. The van der Waals surface area contributed by atoms with Gasteiger partial charge in [-0.25, -0.2) is 0 Å². The first-order valence-corrected chi connectivity index (χ1v) is 5.50. The maximum absolute atomic E-state index is 8.95. The summed E-state index contributed by atoms with van der Waals surface area (Å²) in [5.74, 6) is 0. The van der Waals surface area contributed by atoms with Crippen molar-refractivity contribution in [2.45, 2.75) is 25.5 Å². The molecule has 1 aromatic carbocycles. The van der Waals surface area contributed by atoms with Crippen molar-refractivity contribution in [2.75, 3.05) is 18.0 Å². The Morgan fingerprint density at radius 3 is 2.67 bits per heavy atom. The fourth-order valence-corrected chi connectivity index (χ4v) is 2.06. The average Bonchev–Trinajstić information content (AvgIpc) is 2.29. The second-order valence-corrected chi connectivity index (χ2v) is 4.17. The van der Waals surface area contributed by atoms with Gasteiger partial charge in [-0.1, -0.05) is 12.1 Å². The molecule has 1 atom stereocenters. The lowest BCUT2D eigenvalue weighted by molar-refractivity contribution is 0.282. The molecule has 0 unspecified atom stereocenters. The number of nitrogens with zero attached hydrogens (tertiary/aromatic N) is 1. The lowest BCUT2D eigenvalue weighted by Crippen LogP contribution is -2.42. The van der Waals surface area contributed by atoms with Crippen molar-refractivity contribution in [2.24, 2.45) is 5.73 Å². The largest absolute Gasteiger partial charge is 0.392 e. The minimum absolute atomic E-state index is 0.111. The topological polar surface area (TPSA) is 49.5 Å². The number of piperidine rings is 1. The van der Waals surface area contributed by atoms with E-state index in [-0.39, 0.29) is 6.61 Å². The summed E-state index contributed by atoms with van der Waals surface area (Å²) in [4.78, 5) is 2.31. The van der Waals surface area contributed by atoms with Gasteiger partial charge in [0.25, 0.3) is 0 Å². The van der Waals surface area contributed by atoms with Crippen molar-refractivity contribution in [3.63, 3.8) is 0 Å². The van der Waals surface area contributed by atoms with Crippen LogP contribution in [-0.2, 0) is 6.61 Å². The maximum Gasteiger partial charge on any atom is 0.0681 e. The Bertz CT molecular complexity index is 310. The summed E-state index contributed by atoms with van der Waals surface area (Å²) in [6.45, 7) is 2.14. The zero-order valence-electron chi connectivity index (χ0n) is 8.89. The van der Waals surface area contributed by atoms with Gasteiger partial charge in [-0.05, 0) is 30.5 Å². The molecule has 0 aromatic heterocycles. The van der Waals surface area contributed by atoms with E-state index in [1.54, 1.807) is 0 Å². The van der Waals surface area contributed by atoms with Crippen LogP contribution in [0.2, 0.25) is 0 Å². The van der Waals surface area contributed by atoms with Gasteiger partial charge >= 0.3 is 0 Å². The van der Waals surface area contributed by atoms with Crippen LogP contribution in [0, 0.1) is 0 Å². The molecule has 3 N–H and O–H groups in total. The summed E-state index contributed by atoms with van der Waals surface area (Å²) in [6, 6.07) is 8.36. The number of aliphatic hydroxyl groups excluding tert-OH is 1. The summed E-state index contributed by atoms with van der Waals surface area (Å²) in [7, 11) is 0. The minimum atomic E-state index is 0.111. The molecule has 1 heterocycles. The number of nitrogens with two attached hydrogens (primary N) is 1. The molecule has 3 heteroatoms. The molecule has 1 aromatic rings. The van der Waals surface area contributed by atoms with Crippen LogP contribution in [-0.4, -0.2) is 24.2 Å². The lowest BCUT2D eigenvalue weighted by atomic mass is 10.1. The predicted octanol–water partition coefficient (Wildman–Crippen LogP) is 1.11. The Hall–Kier alpha value is -1.06. The molecular formula is C12H18N2O. The van der Waals surface area contributed by atoms with Crippen molar-refractivity contribution < 1.29 is 5.11 Å². The number of hydrogen-bond acceptors (Lipinski definition) is 3. The van der Waals surface area contributed by atoms with Crippen LogP contribution in [0.25, 0.3) is 0 Å². The van der Waals surface area contributed by atoms with Crippen LogP contribution < -0.4 is 10.6 Å². The fourth-order valence-electron chi connectivity index (χ4n) is 2.06. The van der Waals surface area contributed by atoms with E-state index in [2.05, 4.69) is 17.0 Å². The Morgan fingerprint density at radius 1 is 1.33 bits per heavy atom. The highest BCUT2D eigenvalue weighted by molar-refractivity contribution is 5.48. The Morgan fingerprint density at radius 2 is 2.07 bits per heavy atom. The van der Waals surface area contributed by atoms with Gasteiger partial charge in [0.15, 0.2) is 0 Å². The van der Waals surface area contributed by atoms with E-state index in [1.807, 2.05) is 12.1 Å². The van der Waals surface area contributed by atoms with E-state index in [1.165, 1.54) is 12.1 Å². The maximum atomic E-state index is 8.95. The van der Waals surface area contributed by atoms with Gasteiger partial charge in [-0.2, -0.15) is 0 Å². The number of hydrogen-bond donors (Lipinski definition) is 2. The average molecular weight is 206 g/mol. The van der Waals surface area contributed by atoms with Gasteiger partial charge in [0, 0.05) is 24.8 Å². The van der Waals surface area contributed by atoms with Crippen molar-refractivity contribution in [3.8, 4) is 0 Å². The molecule has 1 saturated heterocycles. The van der Waals surface area contributed by atoms with Crippen molar-refractivity contribution in [1.29, 1.82) is 0 Å². The van der Waals surface area contributed by atoms with Crippen LogP contribution >= 0.6 is 0 Å². The number of aliphatic hydroxyl groups is 1. The molecule has 82 valence electrons. The first kappa shape index (κ1) is 10.5. The minimum Gasteiger partial charge on any atom is -0.392 e. The molecule has 3 nitrogen and oxygen atoms in total. The van der Waals surface area contributed by atoms with E-state index >= 15 is 0 Å². The number of rotatable bonds is 2. The molecule has 0 bridgehead atoms. The van der Waals surface area contributed by atoms with Crippen LogP contribution in [0.5, 0.6) is 0 Å². The van der Waals surface area contributed by atoms with E-state index < -0.39 is 0 Å². The van der Waals surface area contributed by atoms with Gasteiger partial charge < -0.3 is 15.7 Å². The first-order valence-electron chi connectivity index (χ1n) is 5.50. The molecule has 1 aliphatic heterocycles. The zero-order chi connectivity index (χ0) is 10.7. The molecule has 1 aliphatic rings. The van der Waals surface area contributed by atoms with Crippen LogP contribution in [0.15, 0.2) is 24.3 Å². The van der Waals surface area contributed by atoms with Crippen molar-refractivity contribution >= 4 is 5.69 Å². The van der Waals surface area contributed by atoms with E-state index in [0.29, 0.717) is 6.04 Å². The quantitative estimate of drug-likeness (QED) is 0.762. The van der Waals surface area contributed by atoms with E-state index in [9.17, 15) is 0 Å². The van der Waals surface area contributed by atoms with Gasteiger partial charge in [0.2, 0.25) is 0 Å². The summed E-state index contributed by atoms with van der Waals surface area (Å²) in [5, 5.41) is 8.95. The summed E-state index contributed by atoms with van der Waals surface area (Å²) in [6.07, 6.45) is 2.30. The SMILES string of the molecule is N[C@H]1CCCN(c2ccc(CO)cc2)C1. The Kier molecular flexibility index (Phi) is 3.23. The van der Waals surface area contributed by atoms with Crippen LogP contribution in [0.3, 0.4) is 0 Å². The Labute approximate surface area is 90.5 Å². The molecule has 0 aliphatic carbocycles. The van der Waals surface area contributed by atoms with Crippen LogP contribution in [0.1, 0.15) is 18.4 Å². The molecule has 0 spiro atoms. The first-order chi connectivity index (χ1) is 7.29. The second-order valence-electron chi connectivity index (χ2n) is 4.17. The molecular weight excluding hydrogens is 188 g/mol. The summed E-state index contributed by atoms with van der Waals surface area (Å²) >= 11 is 0. The van der Waals surface area contributed by atoms with Crippen molar-refractivity contribution in [3.05, 3.63) is 29.8 Å². The highest BCUT2D eigenvalue weighted by Gasteiger charge is 2.16. The molecule has 0 saturated carbocycles. The summed E-state index contributed by atoms with van der Waals surface area (Å²) < 4.78 is 0. The highest BCUT2D eigenvalue weighted by Crippen LogP contribution is 2.19. The lowest BCUT2D eigenvalue weighted by Gasteiger charge is -2.32. The second kappa shape index (κ2) is 4.64. The molecule has 0 amide bonds. The molecule has 15 heavy (non-hydrogen) atoms. The third-order valence-corrected chi connectivity index (χ3v) is 2.94. The number of benzene rings is 1. The fraction of sp³-hybridized carbons (Fsp3) is 0.500. The van der Waals surface area contributed by atoms with Gasteiger partial charge in [0.1, 0.15) is 0 Å². The van der Waals surface area contributed by atoms with E-state index in [0.717, 1.165) is 25.1 Å². The highest BCUT2D eigenvalue weighted by atomic mass is 16.3. The third kappa shape index (κ3) is 2.49. The predicted molar refractivity (Wildman–Crippen MR) is 61.8 cm³/mol. The molecule has 0 radical (unpaired) electrons. The van der Waals surface area contributed by atoms with Crippen molar-refractivity contribution in [1.82, 2.24) is 0 Å². The normalized spacial score (nSPS) is 21.7. The van der Waals surface area contributed by atoms with Gasteiger partial charge in [-0.15, -0.1) is 0 Å². The molecule has 2 rings (SSSR count). The van der Waals surface area contributed by atoms with Gasteiger partial charge in [-0.3, -0.25) is 0 Å². The number of anilines is 1. The third-order valence-electron chi connectivity index (χ3n) is 2.94. The molecule has 1 fully saturated rings. The Balaban J connectivity index is 2.07. The van der Waals surface area contributed by atoms with Crippen LogP contribution in [0.4, 0.5) is 5.69 Å².